The molecule has 0 unspecified atom stereocenters. The van der Waals surface area contributed by atoms with E-state index in [9.17, 15) is 28.4 Å². The molecule has 10 heteroatoms. The number of fused-ring (bicyclic) bond motifs is 1. The quantitative estimate of drug-likeness (QED) is 0.486. The van der Waals surface area contributed by atoms with E-state index in [1.165, 1.54) is 34.9 Å². The number of pyridine rings is 2. The minimum Gasteiger partial charge on any atom is -0.341 e. The van der Waals surface area contributed by atoms with Gasteiger partial charge in [0.1, 0.15) is 34.9 Å². The van der Waals surface area contributed by atoms with Crippen molar-refractivity contribution in [2.45, 2.75) is 6.54 Å². The predicted octanol–water partition coefficient (Wildman–Crippen LogP) is 3.01. The molecule has 4 rings (SSSR count). The highest BCUT2D eigenvalue weighted by molar-refractivity contribution is 6.05. The van der Waals surface area contributed by atoms with E-state index in [-0.39, 0.29) is 40.0 Å². The summed E-state index contributed by atoms with van der Waals surface area (Å²) < 4.78 is 29.8. The number of nitrogens with zero attached hydrogens (tertiary/aromatic N) is 3. The Balaban J connectivity index is 1.83. The van der Waals surface area contributed by atoms with Gasteiger partial charge in [0.05, 0.1) is 23.2 Å². The lowest BCUT2D eigenvalue weighted by molar-refractivity contribution is 0.102. The van der Waals surface area contributed by atoms with Gasteiger partial charge in [0.15, 0.2) is 0 Å². The van der Waals surface area contributed by atoms with Gasteiger partial charge in [-0.3, -0.25) is 14.4 Å². The van der Waals surface area contributed by atoms with Crippen molar-refractivity contribution in [2.75, 3.05) is 5.32 Å². The second-order valence-corrected chi connectivity index (χ2v) is 7.22. The van der Waals surface area contributed by atoms with Crippen molar-refractivity contribution in [3.05, 3.63) is 109 Å². The first-order chi connectivity index (χ1) is 16.3. The van der Waals surface area contributed by atoms with Crippen molar-refractivity contribution in [1.29, 1.82) is 10.5 Å². The number of nitriles is 2. The average Bonchev–Trinajstić information content (AvgIpc) is 2.82. The van der Waals surface area contributed by atoms with Crippen LogP contribution in [0.25, 0.3) is 11.0 Å². The number of H-pyrrole nitrogens is 1. The molecule has 8 nitrogen and oxygen atoms in total. The second-order valence-electron chi connectivity index (χ2n) is 7.22. The highest BCUT2D eigenvalue weighted by atomic mass is 19.1. The minimum atomic E-state index is -0.882. The summed E-state index contributed by atoms with van der Waals surface area (Å²) in [6, 6.07) is 13.5. The molecule has 1 amide bonds. The van der Waals surface area contributed by atoms with Crippen molar-refractivity contribution in [3.8, 4) is 12.1 Å². The van der Waals surface area contributed by atoms with Gasteiger partial charge in [-0.2, -0.15) is 10.5 Å². The van der Waals surface area contributed by atoms with Crippen LogP contribution in [0.15, 0.2) is 64.3 Å². The highest BCUT2D eigenvalue weighted by Crippen LogP contribution is 2.19. The summed E-state index contributed by atoms with van der Waals surface area (Å²) >= 11 is 0. The summed E-state index contributed by atoms with van der Waals surface area (Å²) in [5.74, 6) is -2.51. The van der Waals surface area contributed by atoms with Crippen molar-refractivity contribution < 1.29 is 13.6 Å². The number of hydrogen-bond donors (Lipinski definition) is 2. The maximum atomic E-state index is 14.3. The van der Waals surface area contributed by atoms with Crippen molar-refractivity contribution in [2.24, 2.45) is 0 Å². The maximum absolute atomic E-state index is 14.3. The third kappa shape index (κ3) is 4.04. The molecule has 2 heterocycles. The number of rotatable bonds is 4. The number of aromatic amines is 1. The van der Waals surface area contributed by atoms with Crippen molar-refractivity contribution in [3.63, 3.8) is 0 Å². The Morgan fingerprint density at radius 1 is 1.00 bits per heavy atom. The van der Waals surface area contributed by atoms with E-state index in [2.05, 4.69) is 10.3 Å². The molecule has 2 aromatic heterocycles. The normalized spacial score (nSPS) is 10.5. The Hall–Kier alpha value is -5.09. The number of amides is 1. The minimum absolute atomic E-state index is 0.0237. The molecule has 166 valence electrons. The van der Waals surface area contributed by atoms with Gasteiger partial charge in [0.2, 0.25) is 11.0 Å². The molecule has 2 N–H and O–H groups in total. The zero-order valence-electron chi connectivity index (χ0n) is 17.2. The fourth-order valence-electron chi connectivity index (χ4n) is 3.45. The van der Waals surface area contributed by atoms with Crippen LogP contribution in [0.3, 0.4) is 0 Å². The number of halogens is 2. The molecule has 0 radical (unpaired) electrons. The van der Waals surface area contributed by atoms with Crippen LogP contribution >= 0.6 is 0 Å². The van der Waals surface area contributed by atoms with Gasteiger partial charge in [-0.25, -0.2) is 8.78 Å². The molecule has 0 fully saturated rings. The average molecular weight is 457 g/mol. The SMILES string of the molecule is N#Cc1ccc(NC(=O)c2cn(Cc3c(F)cccc3F)c3ccc(=O)[nH]c3c2=O)cc1C#N. The first-order valence-electron chi connectivity index (χ1n) is 9.77. The summed E-state index contributed by atoms with van der Waals surface area (Å²) in [5.41, 5.74) is -1.88. The Kier molecular flexibility index (Phi) is 5.73. The predicted molar refractivity (Wildman–Crippen MR) is 118 cm³/mol. The number of anilines is 1. The molecule has 0 aliphatic rings. The van der Waals surface area contributed by atoms with E-state index in [0.717, 1.165) is 24.4 Å². The molecular formula is C24H13F2N5O3. The Morgan fingerprint density at radius 3 is 2.38 bits per heavy atom. The number of nitrogens with one attached hydrogen (secondary N) is 2. The van der Waals surface area contributed by atoms with Crippen LogP contribution in [-0.2, 0) is 6.54 Å². The molecule has 0 atom stereocenters. The number of hydrogen-bond acceptors (Lipinski definition) is 5. The van der Waals surface area contributed by atoms with Gasteiger partial charge in [-0.15, -0.1) is 0 Å². The van der Waals surface area contributed by atoms with E-state index in [0.29, 0.717) is 0 Å². The van der Waals surface area contributed by atoms with Crippen LogP contribution in [0, 0.1) is 34.3 Å². The molecule has 0 spiro atoms. The third-order valence-corrected chi connectivity index (χ3v) is 5.12. The van der Waals surface area contributed by atoms with E-state index in [4.69, 9.17) is 5.26 Å². The van der Waals surface area contributed by atoms with Crippen molar-refractivity contribution in [1.82, 2.24) is 9.55 Å². The smallest absolute Gasteiger partial charge is 0.261 e. The van der Waals surface area contributed by atoms with Crippen LogP contribution in [-0.4, -0.2) is 15.5 Å². The Bertz CT molecular complexity index is 1660. The van der Waals surface area contributed by atoms with Crippen LogP contribution in [0.5, 0.6) is 0 Å². The van der Waals surface area contributed by atoms with Crippen LogP contribution in [0.4, 0.5) is 14.5 Å². The molecule has 4 aromatic rings. The van der Waals surface area contributed by atoms with E-state index in [1.807, 2.05) is 12.1 Å². The Morgan fingerprint density at radius 2 is 1.71 bits per heavy atom. The largest absolute Gasteiger partial charge is 0.341 e. The fraction of sp³-hybridized carbons (Fsp3) is 0.0417. The second kappa shape index (κ2) is 8.81. The highest BCUT2D eigenvalue weighted by Gasteiger charge is 2.19. The lowest BCUT2D eigenvalue weighted by Crippen LogP contribution is -2.26. The summed E-state index contributed by atoms with van der Waals surface area (Å²) in [4.78, 5) is 40.1. The molecule has 0 aliphatic carbocycles. The lowest BCUT2D eigenvalue weighted by Gasteiger charge is -2.14. The molecule has 0 bridgehead atoms. The number of carbonyl (C=O) groups excluding carboxylic acids is 1. The molecule has 0 saturated carbocycles. The first kappa shape index (κ1) is 22.1. The number of carbonyl (C=O) groups is 1. The fourth-order valence-corrected chi connectivity index (χ4v) is 3.45. The molecule has 0 saturated heterocycles. The van der Waals surface area contributed by atoms with Crippen LogP contribution < -0.4 is 16.3 Å². The van der Waals surface area contributed by atoms with Gasteiger partial charge in [-0.1, -0.05) is 6.07 Å². The molecule has 0 aliphatic heterocycles. The van der Waals surface area contributed by atoms with E-state index < -0.39 is 34.1 Å². The third-order valence-electron chi connectivity index (χ3n) is 5.12. The zero-order valence-corrected chi connectivity index (χ0v) is 17.2. The van der Waals surface area contributed by atoms with Gasteiger partial charge < -0.3 is 14.9 Å². The molecule has 2 aromatic carbocycles. The summed E-state index contributed by atoms with van der Waals surface area (Å²) in [6.07, 6.45) is 1.14. The van der Waals surface area contributed by atoms with Gasteiger partial charge in [0.25, 0.3) is 5.91 Å². The summed E-state index contributed by atoms with van der Waals surface area (Å²) in [7, 11) is 0. The molecular weight excluding hydrogens is 444 g/mol. The summed E-state index contributed by atoms with van der Waals surface area (Å²) in [5, 5.41) is 20.7. The standard InChI is InChI=1S/C24H13F2N5O3/c25-18-2-1-3-19(26)16(18)11-31-12-17(23(33)22-20(31)6-7-21(32)30-22)24(34)29-15-5-4-13(9-27)14(8-15)10-28/h1-8,12H,11H2,(H,29,34)(H,30,32). The van der Waals surface area contributed by atoms with E-state index in [1.54, 1.807) is 0 Å². The van der Waals surface area contributed by atoms with Crippen LogP contribution in [0.1, 0.15) is 27.0 Å². The number of aromatic nitrogens is 2. The van der Waals surface area contributed by atoms with Gasteiger partial charge in [0, 0.05) is 23.5 Å². The topological polar surface area (TPSA) is 132 Å². The maximum Gasteiger partial charge on any atom is 0.261 e. The van der Waals surface area contributed by atoms with Gasteiger partial charge >= 0.3 is 0 Å². The van der Waals surface area contributed by atoms with Gasteiger partial charge in [-0.05, 0) is 36.4 Å². The monoisotopic (exact) mass is 457 g/mol. The lowest BCUT2D eigenvalue weighted by atomic mass is 10.1. The van der Waals surface area contributed by atoms with E-state index >= 15 is 0 Å². The number of benzene rings is 2. The molecule has 34 heavy (non-hydrogen) atoms. The van der Waals surface area contributed by atoms with Crippen LogP contribution in [0.2, 0.25) is 0 Å². The van der Waals surface area contributed by atoms with Crippen molar-refractivity contribution >= 4 is 22.6 Å². The summed E-state index contributed by atoms with van der Waals surface area (Å²) in [6.45, 7) is -0.364. The first-order valence-corrected chi connectivity index (χ1v) is 9.77. The zero-order chi connectivity index (χ0) is 24.4. The Labute approximate surface area is 189 Å².